The Balaban J connectivity index is 2.40. The SMILES string of the molecule is CCOC(=O)C(=O)N[C@@H]1CCSC1=O. The van der Waals surface area contributed by atoms with Crippen molar-refractivity contribution in [2.24, 2.45) is 0 Å². The van der Waals surface area contributed by atoms with Crippen LogP contribution in [-0.4, -0.2) is 35.4 Å². The van der Waals surface area contributed by atoms with Gasteiger partial charge in [0.15, 0.2) is 0 Å². The van der Waals surface area contributed by atoms with E-state index in [9.17, 15) is 14.4 Å². The van der Waals surface area contributed by atoms with Gasteiger partial charge in [0.2, 0.25) is 5.12 Å². The maximum atomic E-state index is 11.1. The van der Waals surface area contributed by atoms with E-state index >= 15 is 0 Å². The van der Waals surface area contributed by atoms with Crippen molar-refractivity contribution >= 4 is 28.8 Å². The Bertz CT molecular complexity index is 266. The molecule has 0 radical (unpaired) electrons. The molecule has 1 fully saturated rings. The van der Waals surface area contributed by atoms with Crippen LogP contribution < -0.4 is 5.32 Å². The lowest BCUT2D eigenvalue weighted by Gasteiger charge is -2.08. The molecule has 0 spiro atoms. The molecule has 1 N–H and O–H groups in total. The van der Waals surface area contributed by atoms with Crippen molar-refractivity contribution in [2.75, 3.05) is 12.4 Å². The largest absolute Gasteiger partial charge is 0.459 e. The summed E-state index contributed by atoms with van der Waals surface area (Å²) in [6.07, 6.45) is 0.578. The standard InChI is InChI=1S/C8H11NO4S/c1-2-13-7(11)6(10)9-5-3-4-14-8(5)12/h5H,2-4H2,1H3,(H,9,10)/t5-/m1/s1. The van der Waals surface area contributed by atoms with Crippen LogP contribution in [-0.2, 0) is 19.1 Å². The van der Waals surface area contributed by atoms with Gasteiger partial charge in [0.25, 0.3) is 0 Å². The monoisotopic (exact) mass is 217 g/mol. The number of esters is 1. The molecule has 0 aliphatic carbocycles. The van der Waals surface area contributed by atoms with E-state index in [1.54, 1.807) is 6.92 Å². The summed E-state index contributed by atoms with van der Waals surface area (Å²) < 4.78 is 4.48. The third kappa shape index (κ3) is 2.73. The first kappa shape index (κ1) is 11.0. The normalized spacial score (nSPS) is 20.6. The Hall–Kier alpha value is -1.04. The lowest BCUT2D eigenvalue weighted by Crippen LogP contribution is -2.41. The number of amides is 1. The molecule has 0 aromatic heterocycles. The second kappa shape index (κ2) is 4.99. The number of thioether (sulfide) groups is 1. The molecule has 1 aliphatic heterocycles. The summed E-state index contributed by atoms with van der Waals surface area (Å²) in [5, 5.41) is 2.23. The van der Waals surface area contributed by atoms with Gasteiger partial charge in [0.1, 0.15) is 0 Å². The van der Waals surface area contributed by atoms with E-state index in [0.717, 1.165) is 0 Å². The Labute approximate surface area is 85.6 Å². The number of hydrogen-bond acceptors (Lipinski definition) is 5. The fourth-order valence-electron chi connectivity index (χ4n) is 1.04. The van der Waals surface area contributed by atoms with Gasteiger partial charge in [-0.3, -0.25) is 9.59 Å². The molecule has 6 heteroatoms. The molecule has 1 aliphatic rings. The van der Waals surface area contributed by atoms with Crippen LogP contribution in [0.25, 0.3) is 0 Å². The van der Waals surface area contributed by atoms with Crippen molar-refractivity contribution in [2.45, 2.75) is 19.4 Å². The van der Waals surface area contributed by atoms with E-state index in [1.165, 1.54) is 11.8 Å². The fourth-order valence-corrected chi connectivity index (χ4v) is 1.97. The first-order valence-corrected chi connectivity index (χ1v) is 5.28. The van der Waals surface area contributed by atoms with Gasteiger partial charge in [-0.25, -0.2) is 4.79 Å². The van der Waals surface area contributed by atoms with Gasteiger partial charge in [0.05, 0.1) is 12.6 Å². The van der Waals surface area contributed by atoms with Crippen LogP contribution in [0.15, 0.2) is 0 Å². The molecule has 1 amide bonds. The highest BCUT2D eigenvalue weighted by molar-refractivity contribution is 8.14. The van der Waals surface area contributed by atoms with Crippen LogP contribution in [0.3, 0.4) is 0 Å². The smallest absolute Gasteiger partial charge is 0.396 e. The molecule has 0 aromatic rings. The minimum Gasteiger partial charge on any atom is -0.459 e. The minimum atomic E-state index is -0.933. The van der Waals surface area contributed by atoms with Gasteiger partial charge in [-0.2, -0.15) is 0 Å². The van der Waals surface area contributed by atoms with Crippen LogP contribution in [0.1, 0.15) is 13.3 Å². The summed E-state index contributed by atoms with van der Waals surface area (Å²) in [6, 6.07) is -0.531. The van der Waals surface area contributed by atoms with E-state index in [2.05, 4.69) is 10.1 Å². The molecule has 1 heterocycles. The van der Waals surface area contributed by atoms with Crippen molar-refractivity contribution in [1.29, 1.82) is 0 Å². The minimum absolute atomic E-state index is 0.0948. The first-order chi connectivity index (χ1) is 6.65. The second-order valence-corrected chi connectivity index (χ2v) is 3.80. The van der Waals surface area contributed by atoms with E-state index in [0.29, 0.717) is 12.2 Å². The van der Waals surface area contributed by atoms with Crippen molar-refractivity contribution in [3.05, 3.63) is 0 Å². The number of ether oxygens (including phenoxy) is 1. The Morgan fingerprint density at radius 2 is 2.36 bits per heavy atom. The van der Waals surface area contributed by atoms with Crippen molar-refractivity contribution in [3.8, 4) is 0 Å². The molecule has 0 aromatic carbocycles. The van der Waals surface area contributed by atoms with E-state index < -0.39 is 17.9 Å². The molecule has 0 unspecified atom stereocenters. The van der Waals surface area contributed by atoms with E-state index in [4.69, 9.17) is 0 Å². The molecular weight excluding hydrogens is 206 g/mol. The van der Waals surface area contributed by atoms with E-state index in [-0.39, 0.29) is 11.7 Å². The maximum Gasteiger partial charge on any atom is 0.396 e. The van der Waals surface area contributed by atoms with Crippen LogP contribution in [0.5, 0.6) is 0 Å². The maximum absolute atomic E-state index is 11.1. The van der Waals surface area contributed by atoms with Crippen molar-refractivity contribution in [3.63, 3.8) is 0 Å². The van der Waals surface area contributed by atoms with Gasteiger partial charge in [0, 0.05) is 5.75 Å². The van der Waals surface area contributed by atoms with Crippen LogP contribution in [0.4, 0.5) is 0 Å². The van der Waals surface area contributed by atoms with Gasteiger partial charge in [-0.15, -0.1) is 0 Å². The zero-order valence-corrected chi connectivity index (χ0v) is 8.56. The third-order valence-electron chi connectivity index (χ3n) is 1.70. The number of carbonyl (C=O) groups excluding carboxylic acids is 3. The Kier molecular flexibility index (Phi) is 3.94. The lowest BCUT2D eigenvalue weighted by atomic mass is 10.2. The lowest BCUT2D eigenvalue weighted by molar-refractivity contribution is -0.155. The zero-order valence-electron chi connectivity index (χ0n) is 7.74. The predicted molar refractivity (Wildman–Crippen MR) is 50.6 cm³/mol. The Morgan fingerprint density at radius 3 is 2.86 bits per heavy atom. The molecular formula is C8H11NO4S. The number of rotatable bonds is 2. The summed E-state index contributed by atoms with van der Waals surface area (Å²) in [4.78, 5) is 33.1. The summed E-state index contributed by atoms with van der Waals surface area (Å²) in [5.41, 5.74) is 0. The average molecular weight is 217 g/mol. The number of carbonyl (C=O) groups is 3. The molecule has 78 valence electrons. The van der Waals surface area contributed by atoms with Gasteiger partial charge < -0.3 is 10.1 Å². The van der Waals surface area contributed by atoms with Crippen LogP contribution in [0.2, 0.25) is 0 Å². The molecule has 0 saturated carbocycles. The van der Waals surface area contributed by atoms with Gasteiger partial charge in [-0.05, 0) is 13.3 Å². The second-order valence-electron chi connectivity index (χ2n) is 2.70. The van der Waals surface area contributed by atoms with Crippen molar-refractivity contribution in [1.82, 2.24) is 5.32 Å². The quantitative estimate of drug-likeness (QED) is 0.507. The average Bonchev–Trinajstić information content (AvgIpc) is 2.52. The van der Waals surface area contributed by atoms with E-state index in [1.807, 2.05) is 0 Å². The molecule has 5 nitrogen and oxygen atoms in total. The van der Waals surface area contributed by atoms with Crippen LogP contribution >= 0.6 is 11.8 Å². The first-order valence-electron chi connectivity index (χ1n) is 4.29. The third-order valence-corrected chi connectivity index (χ3v) is 2.71. The predicted octanol–water partition coefficient (Wildman–Crippen LogP) is -0.302. The highest BCUT2D eigenvalue weighted by Crippen LogP contribution is 2.19. The number of nitrogens with one attached hydrogen (secondary N) is 1. The molecule has 0 bridgehead atoms. The topological polar surface area (TPSA) is 72.5 Å². The zero-order chi connectivity index (χ0) is 10.6. The molecule has 14 heavy (non-hydrogen) atoms. The highest BCUT2D eigenvalue weighted by Gasteiger charge is 2.29. The van der Waals surface area contributed by atoms with Gasteiger partial charge in [-0.1, -0.05) is 11.8 Å². The summed E-state index contributed by atoms with van der Waals surface area (Å²) in [5.74, 6) is -1.09. The molecule has 1 saturated heterocycles. The number of hydrogen-bond donors (Lipinski definition) is 1. The summed E-state index contributed by atoms with van der Waals surface area (Å²) in [7, 11) is 0. The molecule has 1 rings (SSSR count). The van der Waals surface area contributed by atoms with Crippen LogP contribution in [0, 0.1) is 0 Å². The summed E-state index contributed by atoms with van der Waals surface area (Å²) >= 11 is 1.17. The van der Waals surface area contributed by atoms with Crippen molar-refractivity contribution < 1.29 is 19.1 Å². The Morgan fingerprint density at radius 1 is 1.64 bits per heavy atom. The fraction of sp³-hybridized carbons (Fsp3) is 0.625. The van der Waals surface area contributed by atoms with Gasteiger partial charge >= 0.3 is 11.9 Å². The summed E-state index contributed by atoms with van der Waals surface area (Å²) in [6.45, 7) is 1.77. The molecule has 1 atom stereocenters. The highest BCUT2D eigenvalue weighted by atomic mass is 32.2.